The van der Waals surface area contributed by atoms with Crippen LogP contribution in [-0.2, 0) is 20.9 Å². The number of aryl methyl sites for hydroxylation is 2. The molecule has 3 aromatic rings. The van der Waals surface area contributed by atoms with E-state index < -0.39 is 11.9 Å². The van der Waals surface area contributed by atoms with Gasteiger partial charge in [0.2, 0.25) is 5.91 Å². The average molecular weight is 405 g/mol. The second kappa shape index (κ2) is 7.74. The van der Waals surface area contributed by atoms with E-state index in [1.165, 1.54) is 10.5 Å². The highest BCUT2D eigenvalue weighted by atomic mass is 16.5. The molecular weight excluding hydrogens is 382 g/mol. The molecule has 1 aliphatic rings. The monoisotopic (exact) mass is 405 g/mol. The molecule has 0 spiro atoms. The summed E-state index contributed by atoms with van der Waals surface area (Å²) in [4.78, 5) is 43.4. The minimum absolute atomic E-state index is 0.0944. The first kappa shape index (κ1) is 19.8. The molecule has 7 heteroatoms. The maximum atomic E-state index is 12.6. The third-order valence-electron chi connectivity index (χ3n) is 5.55. The predicted molar refractivity (Wildman–Crippen MR) is 112 cm³/mol. The van der Waals surface area contributed by atoms with Gasteiger partial charge in [0.1, 0.15) is 12.3 Å². The van der Waals surface area contributed by atoms with Crippen molar-refractivity contribution in [1.29, 1.82) is 0 Å². The highest BCUT2D eigenvalue weighted by Gasteiger charge is 2.36. The van der Waals surface area contributed by atoms with Crippen molar-refractivity contribution >= 4 is 23.2 Å². The number of anilines is 1. The number of hydrogen-bond acceptors (Lipinski definition) is 5. The summed E-state index contributed by atoms with van der Waals surface area (Å²) >= 11 is 0. The van der Waals surface area contributed by atoms with Gasteiger partial charge in [0, 0.05) is 30.9 Å². The van der Waals surface area contributed by atoms with Crippen LogP contribution in [0.3, 0.4) is 0 Å². The number of carbonyl (C=O) groups excluding carboxylic acids is 2. The minimum Gasteiger partial charge on any atom is -0.459 e. The van der Waals surface area contributed by atoms with Gasteiger partial charge >= 0.3 is 5.97 Å². The molecule has 0 aliphatic carbocycles. The molecule has 7 nitrogen and oxygen atoms in total. The van der Waals surface area contributed by atoms with Gasteiger partial charge in [-0.2, -0.15) is 0 Å². The number of nitrogens with zero attached hydrogens (tertiary/aromatic N) is 3. The van der Waals surface area contributed by atoms with Crippen molar-refractivity contribution in [3.8, 4) is 0 Å². The number of fused-ring (bicyclic) bond motifs is 1. The van der Waals surface area contributed by atoms with Gasteiger partial charge in [0.05, 0.1) is 11.6 Å². The van der Waals surface area contributed by atoms with E-state index >= 15 is 0 Å². The summed E-state index contributed by atoms with van der Waals surface area (Å²) in [7, 11) is 0. The predicted octanol–water partition coefficient (Wildman–Crippen LogP) is 2.72. The zero-order valence-electron chi connectivity index (χ0n) is 17.2. The van der Waals surface area contributed by atoms with Crippen molar-refractivity contribution in [3.05, 3.63) is 75.3 Å². The quantitative estimate of drug-likeness (QED) is 0.624. The largest absolute Gasteiger partial charge is 0.459 e. The van der Waals surface area contributed by atoms with Crippen LogP contribution in [0.5, 0.6) is 0 Å². The van der Waals surface area contributed by atoms with E-state index in [0.717, 1.165) is 22.4 Å². The Balaban J connectivity index is 1.45. The highest BCUT2D eigenvalue weighted by molar-refractivity contribution is 6.00. The van der Waals surface area contributed by atoms with Crippen molar-refractivity contribution in [3.63, 3.8) is 0 Å². The van der Waals surface area contributed by atoms with Crippen molar-refractivity contribution in [1.82, 2.24) is 9.38 Å². The maximum Gasteiger partial charge on any atom is 0.311 e. The van der Waals surface area contributed by atoms with E-state index in [2.05, 4.69) is 4.98 Å². The third-order valence-corrected chi connectivity index (χ3v) is 5.55. The molecule has 1 saturated heterocycles. The Kier molecular flexibility index (Phi) is 5.11. The summed E-state index contributed by atoms with van der Waals surface area (Å²) in [6, 6.07) is 10.8. The van der Waals surface area contributed by atoms with Crippen LogP contribution >= 0.6 is 0 Å². The topological polar surface area (TPSA) is 81.0 Å². The number of hydrogen-bond donors (Lipinski definition) is 0. The van der Waals surface area contributed by atoms with Crippen LogP contribution in [-0.4, -0.2) is 27.8 Å². The van der Waals surface area contributed by atoms with Crippen LogP contribution in [0, 0.1) is 26.7 Å². The zero-order valence-corrected chi connectivity index (χ0v) is 17.2. The van der Waals surface area contributed by atoms with Crippen molar-refractivity contribution < 1.29 is 14.3 Å². The van der Waals surface area contributed by atoms with Gasteiger partial charge in [-0.3, -0.25) is 18.8 Å². The van der Waals surface area contributed by atoms with Crippen LogP contribution in [0.25, 0.3) is 5.65 Å². The minimum atomic E-state index is -0.540. The molecule has 1 atom stereocenters. The van der Waals surface area contributed by atoms with Crippen molar-refractivity contribution in [2.45, 2.75) is 33.8 Å². The number of benzene rings is 1. The molecule has 0 saturated carbocycles. The summed E-state index contributed by atoms with van der Waals surface area (Å²) in [6.45, 7) is 6.04. The molecule has 1 aliphatic heterocycles. The Morgan fingerprint density at radius 1 is 1.17 bits per heavy atom. The Labute approximate surface area is 173 Å². The highest BCUT2D eigenvalue weighted by Crippen LogP contribution is 2.30. The van der Waals surface area contributed by atoms with E-state index in [9.17, 15) is 14.4 Å². The van der Waals surface area contributed by atoms with Crippen molar-refractivity contribution in [2.75, 3.05) is 11.4 Å². The van der Waals surface area contributed by atoms with Crippen LogP contribution in [0.2, 0.25) is 0 Å². The fraction of sp³-hybridized carbons (Fsp3) is 0.304. The van der Waals surface area contributed by atoms with Gasteiger partial charge in [-0.15, -0.1) is 0 Å². The van der Waals surface area contributed by atoms with Gasteiger partial charge in [-0.05, 0) is 49.6 Å². The molecule has 1 unspecified atom stereocenters. The lowest BCUT2D eigenvalue weighted by molar-refractivity contribution is -0.149. The van der Waals surface area contributed by atoms with Crippen LogP contribution < -0.4 is 10.5 Å². The van der Waals surface area contributed by atoms with E-state index in [-0.39, 0.29) is 31.0 Å². The summed E-state index contributed by atoms with van der Waals surface area (Å²) in [6.07, 6.45) is 1.83. The number of rotatable bonds is 4. The summed E-state index contributed by atoms with van der Waals surface area (Å²) < 4.78 is 6.85. The van der Waals surface area contributed by atoms with Crippen LogP contribution in [0.15, 0.2) is 47.4 Å². The lowest BCUT2D eigenvalue weighted by Gasteiger charge is -2.20. The smallest absolute Gasteiger partial charge is 0.311 e. The second-order valence-corrected chi connectivity index (χ2v) is 7.75. The standard InChI is InChI=1S/C23H23N3O4/c1-14-7-8-20-24-18(10-22(28)26(20)11-14)13-30-23(29)17-9-21(27)25(12-17)19-6-4-5-15(2)16(19)3/h4-8,10-11,17H,9,12-13H2,1-3H3. The van der Waals surface area contributed by atoms with Crippen LogP contribution in [0.4, 0.5) is 5.69 Å². The molecular formula is C23H23N3O4. The number of ether oxygens (including phenoxy) is 1. The molecule has 0 radical (unpaired) electrons. The lowest BCUT2D eigenvalue weighted by Crippen LogP contribution is -2.27. The molecule has 1 aromatic carbocycles. The van der Waals surface area contributed by atoms with Gasteiger partial charge in [0.25, 0.3) is 5.56 Å². The van der Waals surface area contributed by atoms with Gasteiger partial charge in [-0.25, -0.2) is 4.98 Å². The fourth-order valence-electron chi connectivity index (χ4n) is 3.72. The molecule has 3 heterocycles. The number of esters is 1. The summed E-state index contributed by atoms with van der Waals surface area (Å²) in [5.74, 6) is -1.09. The first-order valence-corrected chi connectivity index (χ1v) is 9.85. The van der Waals surface area contributed by atoms with E-state index in [4.69, 9.17) is 4.74 Å². The molecule has 4 rings (SSSR count). The molecule has 1 fully saturated rings. The average Bonchev–Trinajstić information content (AvgIpc) is 3.10. The normalized spacial score (nSPS) is 16.3. The molecule has 30 heavy (non-hydrogen) atoms. The second-order valence-electron chi connectivity index (χ2n) is 7.75. The van der Waals surface area contributed by atoms with Crippen LogP contribution in [0.1, 0.15) is 28.8 Å². The Bertz CT molecular complexity index is 1210. The van der Waals surface area contributed by atoms with Gasteiger partial charge < -0.3 is 9.64 Å². The maximum absolute atomic E-state index is 12.6. The molecule has 0 bridgehead atoms. The number of carbonyl (C=O) groups is 2. The molecule has 154 valence electrons. The third kappa shape index (κ3) is 3.70. The SMILES string of the molecule is Cc1ccc2nc(COC(=O)C3CC(=O)N(c4cccc(C)c4C)C3)cc(=O)n2c1. The fourth-order valence-corrected chi connectivity index (χ4v) is 3.72. The molecule has 0 N–H and O–H groups in total. The summed E-state index contributed by atoms with van der Waals surface area (Å²) in [5.41, 5.74) is 4.54. The van der Waals surface area contributed by atoms with E-state index in [1.54, 1.807) is 17.2 Å². The number of aromatic nitrogens is 2. The Hall–Kier alpha value is -3.48. The number of amides is 1. The number of pyridine rings is 1. The summed E-state index contributed by atoms with van der Waals surface area (Å²) in [5, 5.41) is 0. The lowest BCUT2D eigenvalue weighted by atomic mass is 10.1. The Morgan fingerprint density at radius 3 is 2.77 bits per heavy atom. The van der Waals surface area contributed by atoms with E-state index in [0.29, 0.717) is 11.3 Å². The molecule has 1 amide bonds. The Morgan fingerprint density at radius 2 is 1.97 bits per heavy atom. The zero-order chi connectivity index (χ0) is 21.4. The van der Waals surface area contributed by atoms with E-state index in [1.807, 2.05) is 45.0 Å². The first-order valence-electron chi connectivity index (χ1n) is 9.85. The van der Waals surface area contributed by atoms with Gasteiger partial charge in [0.15, 0.2) is 0 Å². The first-order chi connectivity index (χ1) is 14.3. The van der Waals surface area contributed by atoms with Crippen molar-refractivity contribution in [2.24, 2.45) is 5.92 Å². The molecule has 2 aromatic heterocycles. The van der Waals surface area contributed by atoms with Gasteiger partial charge in [-0.1, -0.05) is 18.2 Å².